The molecule has 86 valence electrons. The molecule has 0 spiro atoms. The molecule has 0 fully saturated rings. The van der Waals surface area contributed by atoms with Crippen molar-refractivity contribution in [2.75, 3.05) is 0 Å². The summed E-state index contributed by atoms with van der Waals surface area (Å²) < 4.78 is 1.46. The van der Waals surface area contributed by atoms with Crippen molar-refractivity contribution in [1.29, 1.82) is 0 Å². The van der Waals surface area contributed by atoms with E-state index >= 15 is 0 Å². The van der Waals surface area contributed by atoms with Crippen LogP contribution in [0.5, 0.6) is 0 Å². The van der Waals surface area contributed by atoms with Crippen LogP contribution in [-0.2, 0) is 0 Å². The molecule has 0 bridgehead atoms. The standard InChI is InChI=1S/C10H9N5OS/c11-9(16)7-2-4-15(14-7)8-5-13-3-1-6(8)10(12)17/h1-5H,(H2,11,16)(H2,12,17). The molecule has 2 rings (SSSR count). The lowest BCUT2D eigenvalue weighted by molar-refractivity contribution is 0.0995. The number of hydrogen-bond donors (Lipinski definition) is 2. The predicted octanol–water partition coefficient (Wildman–Crippen LogP) is 0.000400. The molecular formula is C10H9N5OS. The highest BCUT2D eigenvalue weighted by Gasteiger charge is 2.10. The zero-order chi connectivity index (χ0) is 12.4. The Morgan fingerprint density at radius 3 is 2.71 bits per heavy atom. The summed E-state index contributed by atoms with van der Waals surface area (Å²) in [4.78, 5) is 15.1. The summed E-state index contributed by atoms with van der Waals surface area (Å²) in [6.45, 7) is 0. The van der Waals surface area contributed by atoms with Gasteiger partial charge in [0.25, 0.3) is 5.91 Å². The Balaban J connectivity index is 2.52. The maximum Gasteiger partial charge on any atom is 0.269 e. The molecular weight excluding hydrogens is 238 g/mol. The third-order valence-corrected chi connectivity index (χ3v) is 2.37. The fourth-order valence-electron chi connectivity index (χ4n) is 1.37. The Morgan fingerprint density at radius 1 is 1.35 bits per heavy atom. The maximum atomic E-state index is 10.9. The lowest BCUT2D eigenvalue weighted by Crippen LogP contribution is -2.15. The first kappa shape index (κ1) is 11.2. The molecule has 0 saturated carbocycles. The van der Waals surface area contributed by atoms with E-state index in [0.717, 1.165) is 0 Å². The van der Waals surface area contributed by atoms with E-state index < -0.39 is 5.91 Å². The first-order valence-electron chi connectivity index (χ1n) is 4.69. The molecule has 0 aliphatic rings. The second-order valence-corrected chi connectivity index (χ2v) is 3.71. The lowest BCUT2D eigenvalue weighted by atomic mass is 10.2. The van der Waals surface area contributed by atoms with Gasteiger partial charge in [-0.1, -0.05) is 12.2 Å². The number of nitrogens with zero attached hydrogens (tertiary/aromatic N) is 3. The first-order chi connectivity index (χ1) is 8.09. The number of thiocarbonyl (C=S) groups is 1. The molecule has 0 unspecified atom stereocenters. The van der Waals surface area contributed by atoms with Crippen LogP contribution in [0.25, 0.3) is 5.69 Å². The van der Waals surface area contributed by atoms with E-state index in [4.69, 9.17) is 23.7 Å². The topological polar surface area (TPSA) is 99.8 Å². The Labute approximate surface area is 102 Å². The number of aromatic nitrogens is 3. The van der Waals surface area contributed by atoms with E-state index in [-0.39, 0.29) is 10.7 Å². The van der Waals surface area contributed by atoms with E-state index in [9.17, 15) is 4.79 Å². The average Bonchev–Trinajstić information content (AvgIpc) is 2.78. The maximum absolute atomic E-state index is 10.9. The van der Waals surface area contributed by atoms with Gasteiger partial charge in [-0.05, 0) is 12.1 Å². The molecule has 7 heteroatoms. The van der Waals surface area contributed by atoms with Gasteiger partial charge in [-0.3, -0.25) is 9.78 Å². The molecule has 6 nitrogen and oxygen atoms in total. The normalized spacial score (nSPS) is 10.1. The number of carbonyl (C=O) groups is 1. The number of pyridine rings is 1. The number of hydrogen-bond acceptors (Lipinski definition) is 4. The van der Waals surface area contributed by atoms with Crippen molar-refractivity contribution in [3.63, 3.8) is 0 Å². The highest BCUT2D eigenvalue weighted by atomic mass is 32.1. The molecule has 2 aromatic heterocycles. The summed E-state index contributed by atoms with van der Waals surface area (Å²) in [5, 5.41) is 4.01. The molecule has 0 aromatic carbocycles. The molecule has 0 aliphatic carbocycles. The minimum atomic E-state index is -0.593. The van der Waals surface area contributed by atoms with Crippen LogP contribution in [0.4, 0.5) is 0 Å². The number of rotatable bonds is 3. The average molecular weight is 247 g/mol. The number of primary amides is 1. The van der Waals surface area contributed by atoms with Crippen LogP contribution in [0, 0.1) is 0 Å². The number of amides is 1. The number of carbonyl (C=O) groups excluding carboxylic acids is 1. The van der Waals surface area contributed by atoms with Gasteiger partial charge in [0.2, 0.25) is 0 Å². The van der Waals surface area contributed by atoms with Gasteiger partial charge in [0.05, 0.1) is 11.9 Å². The van der Waals surface area contributed by atoms with Gasteiger partial charge in [0, 0.05) is 18.0 Å². The summed E-state index contributed by atoms with van der Waals surface area (Å²) in [5.74, 6) is -0.593. The summed E-state index contributed by atoms with van der Waals surface area (Å²) in [7, 11) is 0. The van der Waals surface area contributed by atoms with E-state index in [1.54, 1.807) is 24.7 Å². The summed E-state index contributed by atoms with van der Waals surface area (Å²) in [5.41, 5.74) is 12.1. The SMILES string of the molecule is NC(=O)c1ccn(-c2cnccc2C(N)=S)n1. The molecule has 0 atom stereocenters. The van der Waals surface area contributed by atoms with Crippen LogP contribution in [0.15, 0.2) is 30.7 Å². The van der Waals surface area contributed by atoms with Crippen molar-refractivity contribution in [2.24, 2.45) is 11.5 Å². The summed E-state index contributed by atoms with van der Waals surface area (Å²) >= 11 is 4.93. The summed E-state index contributed by atoms with van der Waals surface area (Å²) in [6.07, 6.45) is 4.74. The molecule has 2 aromatic rings. The highest BCUT2D eigenvalue weighted by Crippen LogP contribution is 2.12. The van der Waals surface area contributed by atoms with Gasteiger partial charge in [-0.25, -0.2) is 4.68 Å². The molecule has 0 radical (unpaired) electrons. The third-order valence-electron chi connectivity index (χ3n) is 2.15. The second kappa shape index (κ2) is 4.30. The Morgan fingerprint density at radius 2 is 2.12 bits per heavy atom. The van der Waals surface area contributed by atoms with Crippen molar-refractivity contribution in [2.45, 2.75) is 0 Å². The van der Waals surface area contributed by atoms with Crippen molar-refractivity contribution >= 4 is 23.1 Å². The fraction of sp³-hybridized carbons (Fsp3) is 0. The quantitative estimate of drug-likeness (QED) is 0.744. The zero-order valence-electron chi connectivity index (χ0n) is 8.70. The molecule has 0 saturated heterocycles. The van der Waals surface area contributed by atoms with E-state index in [2.05, 4.69) is 10.1 Å². The van der Waals surface area contributed by atoms with Crippen LogP contribution in [0.1, 0.15) is 16.1 Å². The van der Waals surface area contributed by atoms with Crippen LogP contribution < -0.4 is 11.5 Å². The third kappa shape index (κ3) is 2.13. The van der Waals surface area contributed by atoms with Crippen molar-refractivity contribution in [3.05, 3.63) is 42.0 Å². The van der Waals surface area contributed by atoms with Crippen molar-refractivity contribution < 1.29 is 4.79 Å². The van der Waals surface area contributed by atoms with Gasteiger partial charge in [0.1, 0.15) is 10.7 Å². The minimum Gasteiger partial charge on any atom is -0.389 e. The predicted molar refractivity (Wildman–Crippen MR) is 65.8 cm³/mol. The Hall–Kier alpha value is -2.28. The zero-order valence-corrected chi connectivity index (χ0v) is 9.52. The Bertz CT molecular complexity index is 592. The number of nitrogens with two attached hydrogens (primary N) is 2. The smallest absolute Gasteiger partial charge is 0.269 e. The van der Waals surface area contributed by atoms with Crippen LogP contribution >= 0.6 is 12.2 Å². The van der Waals surface area contributed by atoms with Gasteiger partial charge < -0.3 is 11.5 Å². The second-order valence-electron chi connectivity index (χ2n) is 3.27. The van der Waals surface area contributed by atoms with E-state index in [1.807, 2.05) is 0 Å². The molecule has 1 amide bonds. The van der Waals surface area contributed by atoms with Gasteiger partial charge in [0.15, 0.2) is 0 Å². The van der Waals surface area contributed by atoms with E-state index in [1.165, 1.54) is 10.7 Å². The van der Waals surface area contributed by atoms with E-state index in [0.29, 0.717) is 11.3 Å². The van der Waals surface area contributed by atoms with Gasteiger partial charge in [-0.2, -0.15) is 5.10 Å². The van der Waals surface area contributed by atoms with Crippen molar-refractivity contribution in [3.8, 4) is 5.69 Å². The van der Waals surface area contributed by atoms with Crippen molar-refractivity contribution in [1.82, 2.24) is 14.8 Å². The van der Waals surface area contributed by atoms with Crippen LogP contribution in [-0.4, -0.2) is 25.7 Å². The molecule has 17 heavy (non-hydrogen) atoms. The fourth-order valence-corrected chi connectivity index (χ4v) is 1.54. The lowest BCUT2D eigenvalue weighted by Gasteiger charge is -2.06. The van der Waals surface area contributed by atoms with Gasteiger partial charge in [-0.15, -0.1) is 0 Å². The largest absolute Gasteiger partial charge is 0.389 e. The first-order valence-corrected chi connectivity index (χ1v) is 5.10. The molecule has 2 heterocycles. The van der Waals surface area contributed by atoms with Gasteiger partial charge >= 0.3 is 0 Å². The van der Waals surface area contributed by atoms with Crippen LogP contribution in [0.3, 0.4) is 0 Å². The minimum absolute atomic E-state index is 0.169. The molecule has 4 N–H and O–H groups in total. The van der Waals surface area contributed by atoms with Crippen LogP contribution in [0.2, 0.25) is 0 Å². The monoisotopic (exact) mass is 247 g/mol. The summed E-state index contributed by atoms with van der Waals surface area (Å²) in [6, 6.07) is 3.20. The molecule has 0 aliphatic heterocycles. The highest BCUT2D eigenvalue weighted by molar-refractivity contribution is 7.80. The Kier molecular flexibility index (Phi) is 2.84.